The molecule has 0 saturated carbocycles. The third kappa shape index (κ3) is 10.5. The average Bonchev–Trinajstić information content (AvgIpc) is 3.23. The topological polar surface area (TPSA) is 292 Å². The lowest BCUT2D eigenvalue weighted by molar-refractivity contribution is -0.135. The number of ether oxygens (including phenoxy) is 2. The summed E-state index contributed by atoms with van der Waals surface area (Å²) in [5.41, 5.74) is 0.841. The van der Waals surface area contributed by atoms with E-state index in [1.54, 1.807) is 24.3 Å². The lowest BCUT2D eigenvalue weighted by Gasteiger charge is -2.13. The number of carbonyl (C=O) groups is 3. The van der Waals surface area contributed by atoms with Crippen LogP contribution in [-0.2, 0) is 39.3 Å². The van der Waals surface area contributed by atoms with Crippen molar-refractivity contribution in [2.45, 2.75) is 9.79 Å². The van der Waals surface area contributed by atoms with Gasteiger partial charge in [-0.15, -0.1) is 10.2 Å². The maximum absolute atomic E-state index is 13.1. The first-order chi connectivity index (χ1) is 29.4. The molecular formula is C41H32N6O13S2. The van der Waals surface area contributed by atoms with Crippen LogP contribution in [0.15, 0.2) is 139 Å². The molecule has 21 heteroatoms. The molecule has 19 nitrogen and oxygen atoms in total. The second kappa shape index (κ2) is 18.2. The van der Waals surface area contributed by atoms with Crippen molar-refractivity contribution in [1.82, 2.24) is 0 Å². The maximum atomic E-state index is 13.1. The number of azo groups is 2. The molecule has 0 fully saturated rings. The van der Waals surface area contributed by atoms with Gasteiger partial charge in [0.15, 0.2) is 11.5 Å². The van der Waals surface area contributed by atoms with Crippen LogP contribution in [0.5, 0.6) is 11.5 Å². The summed E-state index contributed by atoms with van der Waals surface area (Å²) < 4.78 is 78.8. The average molecular weight is 881 g/mol. The van der Waals surface area contributed by atoms with Gasteiger partial charge in [0.25, 0.3) is 20.2 Å². The van der Waals surface area contributed by atoms with Crippen LogP contribution in [0, 0.1) is 0 Å². The molecular weight excluding hydrogens is 849 g/mol. The van der Waals surface area contributed by atoms with Gasteiger partial charge in [-0.3, -0.25) is 9.11 Å². The number of urea groups is 1. The molecule has 0 unspecified atom stereocenters. The Balaban J connectivity index is 1.21. The number of aromatic hydroxyl groups is 2. The summed E-state index contributed by atoms with van der Waals surface area (Å²) in [6, 6.07) is 21.8. The standard InChI is InChI=1S/C41H32N6O13S2/c1-59-35(48)17-7-23-3-9-27(10-4-23)44-46-37-33(61(53,54)55)21-25-19-29(13-15-31(25)39(37)50)42-41(52)43-30-14-16-32-26(20-30)22-34(62(56,57)58)38(40(32)51)47-45-28-11-5-24(6-12-28)8-18-36(49)60-2/h3-22,50-51H,1-2H3,(H2,42,43,52)(H,53,54,55)(H,56,57,58). The highest BCUT2D eigenvalue weighted by Gasteiger charge is 2.24. The Morgan fingerprint density at radius 2 is 0.919 bits per heavy atom. The van der Waals surface area contributed by atoms with Gasteiger partial charge in [-0.25, -0.2) is 14.4 Å². The van der Waals surface area contributed by atoms with Crippen molar-refractivity contribution >= 4 is 106 Å². The van der Waals surface area contributed by atoms with Gasteiger partial charge in [-0.2, -0.15) is 27.1 Å². The summed E-state index contributed by atoms with van der Waals surface area (Å²) in [4.78, 5) is 34.2. The molecule has 6 N–H and O–H groups in total. The first-order valence-electron chi connectivity index (χ1n) is 17.6. The molecule has 0 aliphatic heterocycles. The van der Waals surface area contributed by atoms with Gasteiger partial charge < -0.3 is 30.3 Å². The molecule has 0 radical (unpaired) electrons. The number of anilines is 2. The zero-order chi connectivity index (χ0) is 44.8. The van der Waals surface area contributed by atoms with Crippen molar-refractivity contribution in [3.63, 3.8) is 0 Å². The number of phenolic OH excluding ortho intramolecular Hbond substituents is 2. The molecule has 0 saturated heterocycles. The fraction of sp³-hybridized carbons (Fsp3) is 0.0488. The Bertz CT molecular complexity index is 2910. The predicted molar refractivity (Wildman–Crippen MR) is 227 cm³/mol. The molecule has 0 heterocycles. The lowest BCUT2D eigenvalue weighted by atomic mass is 10.1. The van der Waals surface area contributed by atoms with Gasteiger partial charge in [-0.05, 0) is 107 Å². The highest BCUT2D eigenvalue weighted by Crippen LogP contribution is 2.43. The van der Waals surface area contributed by atoms with E-state index in [0.29, 0.717) is 11.1 Å². The van der Waals surface area contributed by atoms with Crippen molar-refractivity contribution in [3.05, 3.63) is 120 Å². The molecule has 6 rings (SSSR count). The number of carbonyl (C=O) groups excluding carboxylic acids is 3. The van der Waals surface area contributed by atoms with Crippen LogP contribution in [0.3, 0.4) is 0 Å². The highest BCUT2D eigenvalue weighted by atomic mass is 32.2. The number of hydrogen-bond donors (Lipinski definition) is 6. The van der Waals surface area contributed by atoms with Crippen LogP contribution in [-0.4, -0.2) is 68.3 Å². The molecule has 0 aromatic heterocycles. The molecule has 0 bridgehead atoms. The molecule has 0 aliphatic carbocycles. The van der Waals surface area contributed by atoms with E-state index in [2.05, 4.69) is 40.6 Å². The van der Waals surface area contributed by atoms with E-state index in [1.165, 1.54) is 99.2 Å². The van der Waals surface area contributed by atoms with Gasteiger partial charge in [0, 0.05) is 34.3 Å². The minimum Gasteiger partial charge on any atom is -0.505 e. The van der Waals surface area contributed by atoms with Crippen LogP contribution in [0.2, 0.25) is 0 Å². The Morgan fingerprint density at radius 3 is 1.26 bits per heavy atom. The molecule has 62 heavy (non-hydrogen) atoms. The van der Waals surface area contributed by atoms with E-state index in [9.17, 15) is 50.5 Å². The number of nitrogens with zero attached hydrogens (tertiary/aromatic N) is 4. The molecule has 0 atom stereocenters. The van der Waals surface area contributed by atoms with E-state index in [4.69, 9.17) is 0 Å². The number of methoxy groups -OCH3 is 2. The van der Waals surface area contributed by atoms with Gasteiger partial charge in [-0.1, -0.05) is 24.3 Å². The molecule has 6 aromatic rings. The first-order valence-corrected chi connectivity index (χ1v) is 20.5. The number of benzene rings is 6. The molecule has 2 amide bonds. The number of nitrogens with one attached hydrogen (secondary N) is 2. The summed E-state index contributed by atoms with van der Waals surface area (Å²) in [5, 5.41) is 43.3. The van der Waals surface area contributed by atoms with E-state index >= 15 is 0 Å². The SMILES string of the molecule is COC(=O)C=Cc1ccc(N=Nc2c(S(=O)(=O)O)cc3cc(NC(=O)Nc4ccc5c(O)c(N=Nc6ccc(C=CC(=O)OC)cc6)c(S(=O)(=O)O)cc5c4)ccc3c2O)cc1. The monoisotopic (exact) mass is 880 g/mol. The number of rotatable bonds is 12. The van der Waals surface area contributed by atoms with Crippen LogP contribution >= 0.6 is 0 Å². The fourth-order valence-electron chi connectivity index (χ4n) is 5.72. The number of phenols is 2. The third-order valence-corrected chi connectivity index (χ3v) is 10.5. The molecule has 316 valence electrons. The Labute approximate surface area is 351 Å². The van der Waals surface area contributed by atoms with E-state index in [1.807, 2.05) is 0 Å². The molecule has 0 spiro atoms. The van der Waals surface area contributed by atoms with Gasteiger partial charge in [0.05, 0.1) is 25.6 Å². The predicted octanol–water partition coefficient (Wildman–Crippen LogP) is 8.74. The van der Waals surface area contributed by atoms with Crippen molar-refractivity contribution in [3.8, 4) is 11.5 Å². The summed E-state index contributed by atoms with van der Waals surface area (Å²) in [6.07, 6.45) is 5.42. The largest absolute Gasteiger partial charge is 0.505 e. The molecule has 6 aromatic carbocycles. The zero-order valence-electron chi connectivity index (χ0n) is 32.1. The van der Waals surface area contributed by atoms with Crippen LogP contribution in [0.25, 0.3) is 33.7 Å². The summed E-state index contributed by atoms with van der Waals surface area (Å²) >= 11 is 0. The number of esters is 2. The van der Waals surface area contributed by atoms with Crippen molar-refractivity contribution in [1.29, 1.82) is 0 Å². The van der Waals surface area contributed by atoms with E-state index in [0.717, 1.165) is 12.1 Å². The smallest absolute Gasteiger partial charge is 0.330 e. The normalized spacial score (nSPS) is 12.2. The van der Waals surface area contributed by atoms with Crippen LogP contribution in [0.1, 0.15) is 11.1 Å². The van der Waals surface area contributed by atoms with Crippen molar-refractivity contribution in [2.75, 3.05) is 24.9 Å². The van der Waals surface area contributed by atoms with E-state index in [-0.39, 0.29) is 44.3 Å². The summed E-state index contributed by atoms with van der Waals surface area (Å²) in [7, 11) is -7.47. The summed E-state index contributed by atoms with van der Waals surface area (Å²) in [5.74, 6) is -2.39. The first kappa shape index (κ1) is 43.7. The lowest BCUT2D eigenvalue weighted by Crippen LogP contribution is -2.19. The van der Waals surface area contributed by atoms with Gasteiger partial charge in [0.1, 0.15) is 21.2 Å². The van der Waals surface area contributed by atoms with E-state index < -0.39 is 70.9 Å². The Morgan fingerprint density at radius 1 is 0.548 bits per heavy atom. The second-order valence-electron chi connectivity index (χ2n) is 12.8. The van der Waals surface area contributed by atoms with Crippen molar-refractivity contribution < 1.29 is 60.0 Å². The van der Waals surface area contributed by atoms with Crippen LogP contribution < -0.4 is 10.6 Å². The second-order valence-corrected chi connectivity index (χ2v) is 15.6. The van der Waals surface area contributed by atoms with Gasteiger partial charge in [0.2, 0.25) is 0 Å². The highest BCUT2D eigenvalue weighted by molar-refractivity contribution is 7.86. The number of hydrogen-bond acceptors (Lipinski definition) is 15. The van der Waals surface area contributed by atoms with Crippen molar-refractivity contribution in [2.24, 2.45) is 20.5 Å². The number of amides is 2. The minimum absolute atomic E-state index is 0.0744. The van der Waals surface area contributed by atoms with Crippen LogP contribution in [0.4, 0.5) is 38.9 Å². The van der Waals surface area contributed by atoms with Gasteiger partial charge >= 0.3 is 18.0 Å². The molecule has 0 aliphatic rings. The zero-order valence-corrected chi connectivity index (χ0v) is 33.7. The fourth-order valence-corrected chi connectivity index (χ4v) is 7.04. The minimum atomic E-state index is -4.97. The maximum Gasteiger partial charge on any atom is 0.330 e. The Kier molecular flexibility index (Phi) is 12.8. The summed E-state index contributed by atoms with van der Waals surface area (Å²) in [6.45, 7) is 0. The third-order valence-electron chi connectivity index (χ3n) is 8.72. The quantitative estimate of drug-likeness (QED) is 0.0290. The number of fused-ring (bicyclic) bond motifs is 2. The Hall–Kier alpha value is -7.85.